The molecule has 8 rings (SSSR count). The van der Waals surface area contributed by atoms with Crippen LogP contribution in [0.1, 0.15) is 83.6 Å². The second kappa shape index (κ2) is 20.3. The van der Waals surface area contributed by atoms with Gasteiger partial charge in [0.15, 0.2) is 10.3 Å². The lowest BCUT2D eigenvalue weighted by molar-refractivity contribution is 0.0956. The number of rotatable bonds is 17. The Hall–Kier alpha value is -7.62. The number of nitrogens with zero attached hydrogens (tertiary/aromatic N) is 7. The first kappa shape index (κ1) is 42.1. The Bertz CT molecular complexity index is 2880. The first-order valence-corrected chi connectivity index (χ1v) is 21.9. The van der Waals surface area contributed by atoms with Gasteiger partial charge in [-0.25, -0.2) is 9.97 Å². The molecule has 3 N–H and O–H groups in total. The SMILES string of the molecule is CC(Cc1cccc(C(=O)NC/C=C/c2csc(NC(=O)c3cccn3Cc3ccncc3)n2)c1)c1cccc(/C=C/c2csc(NC(=O)c3cccn3Cc3ccncc3)n2)n1. The molecule has 0 aliphatic carbocycles. The van der Waals surface area contributed by atoms with Crippen molar-refractivity contribution in [2.75, 3.05) is 17.2 Å². The summed E-state index contributed by atoms with van der Waals surface area (Å²) < 4.78 is 3.78. The molecule has 0 bridgehead atoms. The molecule has 3 amide bonds. The van der Waals surface area contributed by atoms with Crippen LogP contribution in [-0.2, 0) is 19.5 Å². The van der Waals surface area contributed by atoms with E-state index in [1.165, 1.54) is 22.7 Å². The van der Waals surface area contributed by atoms with E-state index in [9.17, 15) is 14.4 Å². The lowest BCUT2D eigenvalue weighted by Crippen LogP contribution is -2.23. The number of hydrogen-bond acceptors (Lipinski definition) is 10. The van der Waals surface area contributed by atoms with Crippen molar-refractivity contribution in [3.8, 4) is 0 Å². The van der Waals surface area contributed by atoms with Crippen molar-refractivity contribution in [3.05, 3.63) is 201 Å². The molecule has 0 aliphatic heterocycles. The Balaban J connectivity index is 0.796. The normalized spacial score (nSPS) is 11.8. The number of pyridine rings is 3. The van der Waals surface area contributed by atoms with E-state index in [0.717, 1.165) is 28.1 Å². The molecule has 8 aromatic rings. The second-order valence-electron chi connectivity index (χ2n) is 14.6. The van der Waals surface area contributed by atoms with E-state index >= 15 is 0 Å². The number of anilines is 2. The third-order valence-corrected chi connectivity index (χ3v) is 11.5. The van der Waals surface area contributed by atoms with Crippen molar-refractivity contribution in [2.45, 2.75) is 32.4 Å². The van der Waals surface area contributed by atoms with Gasteiger partial charge in [0.05, 0.1) is 17.1 Å². The Kier molecular flexibility index (Phi) is 13.6. The molecule has 1 aromatic carbocycles. The summed E-state index contributed by atoms with van der Waals surface area (Å²) in [5, 5.41) is 13.5. The van der Waals surface area contributed by atoms with Gasteiger partial charge in [-0.3, -0.25) is 40.0 Å². The minimum atomic E-state index is -0.242. The number of thiazole rings is 2. The summed E-state index contributed by atoms with van der Waals surface area (Å²) in [6.07, 6.45) is 18.8. The zero-order valence-electron chi connectivity index (χ0n) is 34.2. The van der Waals surface area contributed by atoms with Crippen LogP contribution in [-0.4, -0.2) is 58.3 Å². The highest BCUT2D eigenvalue weighted by Crippen LogP contribution is 2.23. The average molecular weight is 871 g/mol. The fraction of sp³-hybridized carbons (Fsp3) is 0.125. The van der Waals surface area contributed by atoms with Crippen LogP contribution < -0.4 is 16.0 Å². The van der Waals surface area contributed by atoms with Crippen LogP contribution in [0, 0.1) is 0 Å². The maximum absolute atomic E-state index is 13.1. The first-order chi connectivity index (χ1) is 30.8. The van der Waals surface area contributed by atoms with Crippen molar-refractivity contribution < 1.29 is 14.4 Å². The predicted octanol–water partition coefficient (Wildman–Crippen LogP) is 8.95. The summed E-state index contributed by atoms with van der Waals surface area (Å²) >= 11 is 2.69. The molecule has 0 aliphatic rings. The Labute approximate surface area is 372 Å². The van der Waals surface area contributed by atoms with Crippen molar-refractivity contribution in [3.63, 3.8) is 0 Å². The van der Waals surface area contributed by atoms with E-state index in [1.807, 2.05) is 129 Å². The Morgan fingerprint density at radius 3 is 1.81 bits per heavy atom. The van der Waals surface area contributed by atoms with Gasteiger partial charge in [-0.1, -0.05) is 31.2 Å². The van der Waals surface area contributed by atoms with Gasteiger partial charge < -0.3 is 14.5 Å². The molecular formula is C48H42N10O3S2. The number of aromatic nitrogens is 7. The molecule has 1 atom stereocenters. The average Bonchev–Trinajstić information content (AvgIpc) is 4.15. The summed E-state index contributed by atoms with van der Waals surface area (Å²) in [4.78, 5) is 61.3. The van der Waals surface area contributed by atoms with Crippen molar-refractivity contribution >= 4 is 68.9 Å². The molecule has 63 heavy (non-hydrogen) atoms. The van der Waals surface area contributed by atoms with Gasteiger partial charge in [0, 0.05) is 84.8 Å². The maximum atomic E-state index is 13.1. The molecule has 0 saturated heterocycles. The van der Waals surface area contributed by atoms with Gasteiger partial charge in [-0.2, -0.15) is 0 Å². The largest absolute Gasteiger partial charge is 0.349 e. The number of hydrogen-bond donors (Lipinski definition) is 3. The van der Waals surface area contributed by atoms with Gasteiger partial charge in [-0.15, -0.1) is 22.7 Å². The minimum absolute atomic E-state index is 0.0866. The molecule has 1 unspecified atom stereocenters. The highest BCUT2D eigenvalue weighted by molar-refractivity contribution is 7.14. The quantitative estimate of drug-likeness (QED) is 0.0818. The van der Waals surface area contributed by atoms with Crippen LogP contribution in [0.4, 0.5) is 10.3 Å². The molecule has 0 spiro atoms. The van der Waals surface area contributed by atoms with Crippen LogP contribution in [0.15, 0.2) is 145 Å². The van der Waals surface area contributed by atoms with Crippen molar-refractivity contribution in [1.29, 1.82) is 0 Å². The van der Waals surface area contributed by atoms with Crippen molar-refractivity contribution in [2.24, 2.45) is 0 Å². The maximum Gasteiger partial charge on any atom is 0.274 e. The summed E-state index contributed by atoms with van der Waals surface area (Å²) in [5.41, 5.74) is 7.88. The molecule has 0 saturated carbocycles. The van der Waals surface area contributed by atoms with E-state index in [0.29, 0.717) is 64.7 Å². The van der Waals surface area contributed by atoms with Gasteiger partial charge in [0.25, 0.3) is 17.7 Å². The minimum Gasteiger partial charge on any atom is -0.349 e. The molecule has 0 fully saturated rings. The number of carbonyl (C=O) groups is 3. The molecule has 15 heteroatoms. The second-order valence-corrected chi connectivity index (χ2v) is 16.3. The molecular weight excluding hydrogens is 829 g/mol. The third kappa shape index (κ3) is 11.4. The molecule has 7 heterocycles. The molecule has 13 nitrogen and oxygen atoms in total. The predicted molar refractivity (Wildman–Crippen MR) is 249 cm³/mol. The number of carbonyl (C=O) groups excluding carboxylic acids is 3. The van der Waals surface area contributed by atoms with E-state index in [1.54, 1.807) is 43.0 Å². The van der Waals surface area contributed by atoms with Gasteiger partial charge in [-0.05, 0) is 114 Å². The van der Waals surface area contributed by atoms with Crippen LogP contribution in [0.3, 0.4) is 0 Å². The standard InChI is InChI=1S/C48H42N10O3S2/c1-33(41-11-3-9-38(52-41)14-15-40-32-63-48(54-40)56-46(61)43-13-6-26-58(43)30-35-18-23-50-24-19-35)27-36-7-2-8-37(28-36)44(59)51-20-4-10-39-31-62-47(53-39)55-45(60)42-12-5-25-57(42)29-34-16-21-49-22-17-34/h2-19,21-26,28,31-33H,20,27,29-30H2,1H3,(H,51,59)(H,53,55,60)(H,54,56,61)/b10-4+,15-14+. The van der Waals surface area contributed by atoms with Gasteiger partial charge >= 0.3 is 0 Å². The smallest absolute Gasteiger partial charge is 0.274 e. The lowest BCUT2D eigenvalue weighted by atomic mass is 9.96. The molecule has 0 radical (unpaired) electrons. The zero-order valence-corrected chi connectivity index (χ0v) is 35.8. The number of benzene rings is 1. The van der Waals surface area contributed by atoms with E-state index in [-0.39, 0.29) is 23.6 Å². The fourth-order valence-corrected chi connectivity index (χ4v) is 8.13. The van der Waals surface area contributed by atoms with Crippen LogP contribution in [0.5, 0.6) is 0 Å². The van der Waals surface area contributed by atoms with Crippen molar-refractivity contribution in [1.82, 2.24) is 39.4 Å². The van der Waals surface area contributed by atoms with E-state index < -0.39 is 0 Å². The van der Waals surface area contributed by atoms with E-state index in [2.05, 4.69) is 42.8 Å². The third-order valence-electron chi connectivity index (χ3n) is 9.94. The van der Waals surface area contributed by atoms with Crippen LogP contribution in [0.2, 0.25) is 0 Å². The summed E-state index contributed by atoms with van der Waals surface area (Å²) in [6.45, 7) is 3.55. The lowest BCUT2D eigenvalue weighted by Gasteiger charge is -2.13. The van der Waals surface area contributed by atoms with Gasteiger partial charge in [0.1, 0.15) is 11.4 Å². The summed E-state index contributed by atoms with van der Waals surface area (Å²) in [5.74, 6) is -0.563. The number of nitrogens with one attached hydrogen (secondary N) is 3. The fourth-order valence-electron chi connectivity index (χ4n) is 6.79. The van der Waals surface area contributed by atoms with E-state index in [4.69, 9.17) is 4.98 Å². The monoisotopic (exact) mass is 870 g/mol. The summed E-state index contributed by atoms with van der Waals surface area (Å²) in [7, 11) is 0. The Morgan fingerprint density at radius 1 is 0.619 bits per heavy atom. The van der Waals surface area contributed by atoms with Crippen LogP contribution in [0.25, 0.3) is 18.2 Å². The summed E-state index contributed by atoms with van der Waals surface area (Å²) in [6, 6.07) is 28.5. The van der Waals surface area contributed by atoms with Crippen LogP contribution >= 0.6 is 22.7 Å². The molecule has 314 valence electrons. The Morgan fingerprint density at radius 2 is 1.19 bits per heavy atom. The molecule has 7 aromatic heterocycles. The highest BCUT2D eigenvalue weighted by atomic mass is 32.1. The number of amides is 3. The topological polar surface area (TPSA) is 162 Å². The highest BCUT2D eigenvalue weighted by Gasteiger charge is 2.16. The zero-order chi connectivity index (χ0) is 43.4. The first-order valence-electron chi connectivity index (χ1n) is 20.1. The van der Waals surface area contributed by atoms with Gasteiger partial charge in [0.2, 0.25) is 0 Å².